The fourth-order valence-electron chi connectivity index (χ4n) is 16.5. The Bertz CT molecular complexity index is 4960. The summed E-state index contributed by atoms with van der Waals surface area (Å²) in [4.78, 5) is 5.14. The van der Waals surface area contributed by atoms with Crippen LogP contribution in [0.5, 0.6) is 0 Å². The summed E-state index contributed by atoms with van der Waals surface area (Å²) < 4.78 is 0. The molecule has 5 aliphatic rings. The maximum Gasteiger partial charge on any atom is 0.0731 e. The van der Waals surface area contributed by atoms with E-state index in [-0.39, 0.29) is 5.41 Å². The maximum atomic E-state index is 2.57. The first-order valence-corrected chi connectivity index (χ1v) is 30.3. The minimum atomic E-state index is -0.584. The molecule has 1 spiro atoms. The zero-order valence-electron chi connectivity index (χ0n) is 48.2. The SMILES string of the molecule is CC1(C)c2ccccc2-c2ccc(N(c3cc(-c4cccc5c4C4(c6ccccc6-c6ccccc64)c4ccccc4-5)cc(N4c5ccc6c(c5)C(C)(c5cccc(c5)-c5ccccc54)c4ccccc4-6)c3)c3ccccc3-c3ccccc3)cc21. The maximum absolute atomic E-state index is 2.57. The van der Waals surface area contributed by atoms with Gasteiger partial charge in [-0.1, -0.05) is 250 Å². The number of hydrogen-bond acceptors (Lipinski definition) is 2. The molecule has 1 unspecified atom stereocenters. The van der Waals surface area contributed by atoms with Gasteiger partial charge in [0.1, 0.15) is 0 Å². The van der Waals surface area contributed by atoms with Crippen molar-refractivity contribution in [3.8, 4) is 77.9 Å². The minimum Gasteiger partial charge on any atom is -0.310 e. The quantitative estimate of drug-likeness (QED) is 0.164. The Morgan fingerprint density at radius 2 is 0.791 bits per heavy atom. The second kappa shape index (κ2) is 18.0. The van der Waals surface area contributed by atoms with Gasteiger partial charge < -0.3 is 9.80 Å². The van der Waals surface area contributed by atoms with E-state index in [1.807, 2.05) is 0 Å². The molecule has 4 bridgehead atoms. The highest BCUT2D eigenvalue weighted by molar-refractivity contribution is 6.02. The van der Waals surface area contributed by atoms with Crippen LogP contribution in [-0.4, -0.2) is 0 Å². The van der Waals surface area contributed by atoms with Gasteiger partial charge in [-0.3, -0.25) is 0 Å². The van der Waals surface area contributed by atoms with Crippen LogP contribution in [0.15, 0.2) is 297 Å². The molecule has 0 N–H and O–H groups in total. The highest BCUT2D eigenvalue weighted by Gasteiger charge is 2.53. The van der Waals surface area contributed by atoms with E-state index in [1.165, 1.54) is 111 Å². The molecule has 1 heterocycles. The topological polar surface area (TPSA) is 6.48 Å². The standard InChI is InChI=1S/C84H58N2/c1-82(2)72-36-14-7-29-64(72)69-45-43-57(51-77(69)82)85(79-41-19-12-27-61(79)53-23-5-4-6-24-53)59-48-55(63-34-22-35-71-68-33-11-18-40-76(68)84(81(63)71)74-38-16-9-31-66(74)67-32-10-17-39-75(67)84)49-60(50-59)86-58-44-46-70-65-30-8-15-37-73(65)83(3,78(70)52-58)56-26-21-25-54(47-56)62-28-13-20-42-80(62)86/h4-52H,1-3H3. The Morgan fingerprint density at radius 3 is 1.51 bits per heavy atom. The highest BCUT2D eigenvalue weighted by atomic mass is 15.2. The predicted molar refractivity (Wildman–Crippen MR) is 357 cm³/mol. The number of para-hydroxylation sites is 2. The molecule has 1 aliphatic heterocycles. The van der Waals surface area contributed by atoms with Crippen LogP contribution in [0.1, 0.15) is 70.8 Å². The van der Waals surface area contributed by atoms with Gasteiger partial charge in [0.05, 0.1) is 16.8 Å². The molecule has 4 aliphatic carbocycles. The third-order valence-corrected chi connectivity index (χ3v) is 20.2. The van der Waals surface area contributed by atoms with Gasteiger partial charge in [-0.05, 0) is 184 Å². The van der Waals surface area contributed by atoms with Gasteiger partial charge in [0, 0.05) is 44.7 Å². The molecule has 2 heteroatoms. The fourth-order valence-corrected chi connectivity index (χ4v) is 16.5. The van der Waals surface area contributed by atoms with Gasteiger partial charge in [0.25, 0.3) is 0 Å². The Labute approximate surface area is 503 Å². The van der Waals surface area contributed by atoms with Crippen molar-refractivity contribution in [2.45, 2.75) is 37.0 Å². The van der Waals surface area contributed by atoms with Gasteiger partial charge in [-0.2, -0.15) is 0 Å². The lowest BCUT2D eigenvalue weighted by atomic mass is 9.68. The molecule has 0 amide bonds. The summed E-state index contributed by atoms with van der Waals surface area (Å²) in [6.45, 7) is 7.23. The minimum absolute atomic E-state index is 0.230. The van der Waals surface area contributed by atoms with E-state index in [0.29, 0.717) is 0 Å². The van der Waals surface area contributed by atoms with Crippen LogP contribution in [0, 0.1) is 0 Å². The largest absolute Gasteiger partial charge is 0.310 e. The van der Waals surface area contributed by atoms with Crippen LogP contribution < -0.4 is 9.80 Å². The molecule has 0 radical (unpaired) electrons. The monoisotopic (exact) mass is 1090 g/mol. The summed E-state index contributed by atoms with van der Waals surface area (Å²) in [5, 5.41) is 0. The van der Waals surface area contributed by atoms with Crippen LogP contribution in [-0.2, 0) is 16.2 Å². The molecule has 13 aromatic rings. The van der Waals surface area contributed by atoms with E-state index < -0.39 is 10.8 Å². The highest BCUT2D eigenvalue weighted by Crippen LogP contribution is 2.65. The molecule has 86 heavy (non-hydrogen) atoms. The molecule has 2 nitrogen and oxygen atoms in total. The normalized spacial score (nSPS) is 15.8. The van der Waals surface area contributed by atoms with Crippen molar-refractivity contribution in [2.24, 2.45) is 0 Å². The Balaban J connectivity index is 0.970. The molecular formula is C84H58N2. The third kappa shape index (κ3) is 6.56. The summed E-state index contributed by atoms with van der Waals surface area (Å²) in [6.07, 6.45) is 0. The van der Waals surface area contributed by atoms with Crippen molar-refractivity contribution >= 4 is 34.1 Å². The lowest BCUT2D eigenvalue weighted by Crippen LogP contribution is -2.26. The molecule has 0 fully saturated rings. The summed E-state index contributed by atoms with van der Waals surface area (Å²) in [5.41, 5.74) is 34.6. The number of hydrogen-bond donors (Lipinski definition) is 0. The molecule has 0 aromatic heterocycles. The Morgan fingerprint density at radius 1 is 0.279 bits per heavy atom. The molecule has 18 rings (SSSR count). The first-order chi connectivity index (χ1) is 42.3. The first-order valence-electron chi connectivity index (χ1n) is 30.3. The predicted octanol–water partition coefficient (Wildman–Crippen LogP) is 21.9. The zero-order valence-corrected chi connectivity index (χ0v) is 48.2. The second-order valence-electron chi connectivity index (χ2n) is 24.8. The van der Waals surface area contributed by atoms with Crippen molar-refractivity contribution in [3.05, 3.63) is 347 Å². The Kier molecular flexibility index (Phi) is 10.2. The number of benzene rings is 13. The number of anilines is 6. The lowest BCUT2D eigenvalue weighted by molar-refractivity contribution is 0.660. The second-order valence-corrected chi connectivity index (χ2v) is 24.8. The van der Waals surface area contributed by atoms with Crippen molar-refractivity contribution in [2.75, 3.05) is 9.80 Å². The van der Waals surface area contributed by atoms with Gasteiger partial charge in [-0.25, -0.2) is 0 Å². The molecule has 0 saturated heterocycles. The third-order valence-electron chi connectivity index (χ3n) is 20.2. The lowest BCUT2D eigenvalue weighted by Gasteiger charge is -2.35. The van der Waals surface area contributed by atoms with Gasteiger partial charge in [0.15, 0.2) is 0 Å². The van der Waals surface area contributed by atoms with Crippen LogP contribution in [0.3, 0.4) is 0 Å². The van der Waals surface area contributed by atoms with Gasteiger partial charge in [-0.15, -0.1) is 0 Å². The molecular weight excluding hydrogens is 1040 g/mol. The fraction of sp³-hybridized carbons (Fsp3) is 0.0714. The van der Waals surface area contributed by atoms with Crippen LogP contribution in [0.2, 0.25) is 0 Å². The average molecular weight is 1100 g/mol. The van der Waals surface area contributed by atoms with Crippen LogP contribution in [0.25, 0.3) is 77.9 Å². The van der Waals surface area contributed by atoms with Crippen LogP contribution in [0.4, 0.5) is 34.1 Å². The number of fused-ring (bicyclic) bond motifs is 22. The first kappa shape index (κ1) is 48.9. The summed E-state index contributed by atoms with van der Waals surface area (Å²) in [7, 11) is 0. The summed E-state index contributed by atoms with van der Waals surface area (Å²) in [5.74, 6) is 0. The van der Waals surface area contributed by atoms with Crippen molar-refractivity contribution in [1.29, 1.82) is 0 Å². The van der Waals surface area contributed by atoms with Gasteiger partial charge in [0.2, 0.25) is 0 Å². The molecule has 1 atom stereocenters. The van der Waals surface area contributed by atoms with Crippen molar-refractivity contribution in [3.63, 3.8) is 0 Å². The summed E-state index contributed by atoms with van der Waals surface area (Å²) in [6, 6.07) is 113. The summed E-state index contributed by atoms with van der Waals surface area (Å²) >= 11 is 0. The van der Waals surface area contributed by atoms with Crippen LogP contribution >= 0.6 is 0 Å². The number of rotatable bonds is 6. The van der Waals surface area contributed by atoms with E-state index in [9.17, 15) is 0 Å². The number of nitrogens with zero attached hydrogens (tertiary/aromatic N) is 2. The molecule has 404 valence electrons. The van der Waals surface area contributed by atoms with Crippen molar-refractivity contribution in [1.82, 2.24) is 0 Å². The Hall–Kier alpha value is -10.5. The van der Waals surface area contributed by atoms with E-state index in [4.69, 9.17) is 0 Å². The molecule has 13 aromatic carbocycles. The van der Waals surface area contributed by atoms with E-state index in [0.717, 1.165) is 50.8 Å². The van der Waals surface area contributed by atoms with E-state index in [2.05, 4.69) is 328 Å². The van der Waals surface area contributed by atoms with E-state index >= 15 is 0 Å². The van der Waals surface area contributed by atoms with E-state index in [1.54, 1.807) is 0 Å². The average Bonchev–Trinajstić information content (AvgIpc) is 1.54. The molecule has 0 saturated carbocycles. The smallest absolute Gasteiger partial charge is 0.0731 e. The zero-order chi connectivity index (χ0) is 57.0. The van der Waals surface area contributed by atoms with Crippen molar-refractivity contribution < 1.29 is 0 Å². The van der Waals surface area contributed by atoms with Gasteiger partial charge >= 0.3 is 0 Å².